The van der Waals surface area contributed by atoms with Crippen molar-refractivity contribution in [1.82, 2.24) is 14.7 Å². The van der Waals surface area contributed by atoms with Crippen LogP contribution in [0.25, 0.3) is 6.08 Å². The monoisotopic (exact) mass is 627 g/mol. The van der Waals surface area contributed by atoms with E-state index in [4.69, 9.17) is 14.2 Å². The zero-order valence-corrected chi connectivity index (χ0v) is 27.0. The molecule has 11 heteroatoms. The minimum Gasteiger partial charge on any atom is -0.457 e. The SMILES string of the molecule is C/C(=C\c1cccc(COC(=O)N2CC[C@@H](O)C2)c1)[C@H]1OC(=O)C[C@H](O)CC[C@H](C)[C@@H](OC(=O)N2CCN(C)CC2)/C=C\[C@@H]1C. The van der Waals surface area contributed by atoms with Crippen LogP contribution in [-0.4, -0.2) is 114 Å². The molecule has 1 aromatic carbocycles. The van der Waals surface area contributed by atoms with Crippen molar-refractivity contribution >= 4 is 24.2 Å². The van der Waals surface area contributed by atoms with E-state index in [-0.39, 0.29) is 37.5 Å². The van der Waals surface area contributed by atoms with E-state index >= 15 is 0 Å². The molecule has 0 unspecified atom stereocenters. The molecule has 248 valence electrons. The van der Waals surface area contributed by atoms with Crippen LogP contribution < -0.4 is 0 Å². The number of amides is 2. The predicted molar refractivity (Wildman–Crippen MR) is 169 cm³/mol. The Morgan fingerprint density at radius 2 is 1.73 bits per heavy atom. The third kappa shape index (κ3) is 10.3. The van der Waals surface area contributed by atoms with Crippen molar-refractivity contribution in [1.29, 1.82) is 0 Å². The number of likely N-dealkylation sites (N-methyl/N-ethyl adjacent to an activating group) is 1. The van der Waals surface area contributed by atoms with Gasteiger partial charge in [0.2, 0.25) is 0 Å². The Bertz CT molecular complexity index is 1230. The van der Waals surface area contributed by atoms with Crippen molar-refractivity contribution in [3.05, 3.63) is 53.1 Å². The molecule has 3 aliphatic heterocycles. The average molecular weight is 628 g/mol. The number of carbonyl (C=O) groups excluding carboxylic acids is 3. The topological polar surface area (TPSA) is 129 Å². The number of ether oxygens (including phenoxy) is 3. The second-order valence-electron chi connectivity index (χ2n) is 12.8. The van der Waals surface area contributed by atoms with E-state index in [0.717, 1.165) is 29.8 Å². The van der Waals surface area contributed by atoms with Crippen LogP contribution in [0.1, 0.15) is 57.6 Å². The fourth-order valence-electron chi connectivity index (χ4n) is 5.89. The summed E-state index contributed by atoms with van der Waals surface area (Å²) < 4.78 is 17.4. The lowest BCUT2D eigenvalue weighted by Gasteiger charge is -2.33. The number of β-amino-alcohol motifs (C(OH)–C–C–N with tert-alkyl or cyclic N) is 1. The summed E-state index contributed by atoms with van der Waals surface area (Å²) in [5.41, 5.74) is 2.45. The first-order valence-electron chi connectivity index (χ1n) is 16.1. The number of hydrogen-bond acceptors (Lipinski definition) is 9. The Morgan fingerprint density at radius 3 is 2.44 bits per heavy atom. The molecule has 0 aliphatic carbocycles. The molecule has 2 saturated heterocycles. The Morgan fingerprint density at radius 1 is 0.978 bits per heavy atom. The molecule has 3 aliphatic rings. The van der Waals surface area contributed by atoms with E-state index in [2.05, 4.69) is 4.90 Å². The smallest absolute Gasteiger partial charge is 0.410 e. The van der Waals surface area contributed by atoms with E-state index in [0.29, 0.717) is 38.9 Å². The highest BCUT2D eigenvalue weighted by molar-refractivity contribution is 5.71. The van der Waals surface area contributed by atoms with Gasteiger partial charge in [0.1, 0.15) is 18.8 Å². The maximum Gasteiger partial charge on any atom is 0.410 e. The van der Waals surface area contributed by atoms with Crippen LogP contribution in [0.2, 0.25) is 0 Å². The lowest BCUT2D eigenvalue weighted by atomic mass is 9.91. The zero-order chi connectivity index (χ0) is 32.5. The minimum atomic E-state index is -0.860. The van der Waals surface area contributed by atoms with Gasteiger partial charge in [-0.15, -0.1) is 0 Å². The van der Waals surface area contributed by atoms with Crippen molar-refractivity contribution in [3.63, 3.8) is 0 Å². The van der Waals surface area contributed by atoms with Crippen LogP contribution in [0.15, 0.2) is 42.0 Å². The molecular weight excluding hydrogens is 578 g/mol. The number of aliphatic hydroxyl groups excluding tert-OH is 2. The van der Waals surface area contributed by atoms with Crippen molar-refractivity contribution in [2.24, 2.45) is 11.8 Å². The molecule has 0 radical (unpaired) electrons. The molecule has 2 N–H and O–H groups in total. The number of benzene rings is 1. The average Bonchev–Trinajstić information content (AvgIpc) is 3.45. The molecule has 4 rings (SSSR count). The van der Waals surface area contributed by atoms with Gasteiger partial charge in [-0.2, -0.15) is 0 Å². The quantitative estimate of drug-likeness (QED) is 0.284. The summed E-state index contributed by atoms with van der Waals surface area (Å²) in [7, 11) is 2.03. The third-order valence-corrected chi connectivity index (χ3v) is 8.84. The zero-order valence-electron chi connectivity index (χ0n) is 27.0. The summed E-state index contributed by atoms with van der Waals surface area (Å²) >= 11 is 0. The number of rotatable bonds is 5. The summed E-state index contributed by atoms with van der Waals surface area (Å²) in [6, 6.07) is 7.57. The third-order valence-electron chi connectivity index (χ3n) is 8.84. The summed E-state index contributed by atoms with van der Waals surface area (Å²) in [4.78, 5) is 43.7. The van der Waals surface area contributed by atoms with Crippen LogP contribution in [-0.2, 0) is 25.6 Å². The second kappa shape index (κ2) is 16.2. The van der Waals surface area contributed by atoms with Gasteiger partial charge in [0, 0.05) is 45.2 Å². The Hall–Kier alpha value is -3.41. The van der Waals surface area contributed by atoms with Gasteiger partial charge >= 0.3 is 18.2 Å². The molecule has 6 atom stereocenters. The van der Waals surface area contributed by atoms with Crippen LogP contribution >= 0.6 is 0 Å². The predicted octanol–water partition coefficient (Wildman–Crippen LogP) is 3.83. The molecule has 1 aromatic rings. The number of nitrogens with zero attached hydrogens (tertiary/aromatic N) is 3. The first-order valence-corrected chi connectivity index (χ1v) is 16.1. The van der Waals surface area contributed by atoms with Crippen LogP contribution in [0.5, 0.6) is 0 Å². The van der Waals surface area contributed by atoms with E-state index in [9.17, 15) is 24.6 Å². The molecule has 3 heterocycles. The van der Waals surface area contributed by atoms with Crippen molar-refractivity contribution < 1.29 is 38.8 Å². The van der Waals surface area contributed by atoms with Crippen LogP contribution in [0.3, 0.4) is 0 Å². The van der Waals surface area contributed by atoms with Crippen molar-refractivity contribution in [2.45, 2.75) is 77.5 Å². The normalized spacial score (nSPS) is 29.7. The molecule has 2 fully saturated rings. The van der Waals surface area contributed by atoms with Crippen molar-refractivity contribution in [2.75, 3.05) is 46.3 Å². The van der Waals surface area contributed by atoms with Crippen molar-refractivity contribution in [3.8, 4) is 0 Å². The Kier molecular flexibility index (Phi) is 12.4. The number of cyclic esters (lactones) is 1. The Balaban J connectivity index is 1.47. The number of aliphatic hydroxyl groups is 2. The highest BCUT2D eigenvalue weighted by Crippen LogP contribution is 2.26. The highest BCUT2D eigenvalue weighted by atomic mass is 16.6. The number of carbonyl (C=O) groups is 3. The van der Waals surface area contributed by atoms with Gasteiger partial charge < -0.3 is 39.1 Å². The largest absolute Gasteiger partial charge is 0.457 e. The van der Waals surface area contributed by atoms with Gasteiger partial charge in [-0.05, 0) is 68.0 Å². The summed E-state index contributed by atoms with van der Waals surface area (Å²) in [6.07, 6.45) is 3.90. The van der Waals surface area contributed by atoms with Gasteiger partial charge in [0.15, 0.2) is 0 Å². The van der Waals surface area contributed by atoms with Crippen LogP contribution in [0, 0.1) is 11.8 Å². The minimum absolute atomic E-state index is 0.0579. The van der Waals surface area contributed by atoms with Crippen LogP contribution in [0.4, 0.5) is 9.59 Å². The molecule has 0 spiro atoms. The van der Waals surface area contributed by atoms with E-state index in [1.807, 2.05) is 70.3 Å². The lowest BCUT2D eigenvalue weighted by Crippen LogP contribution is -2.48. The number of piperazine rings is 1. The number of likely N-dealkylation sites (tertiary alicyclic amines) is 1. The molecule has 0 saturated carbocycles. The van der Waals surface area contributed by atoms with Gasteiger partial charge in [-0.1, -0.05) is 44.2 Å². The van der Waals surface area contributed by atoms with E-state index in [1.165, 1.54) is 4.90 Å². The first kappa shape index (κ1) is 34.5. The van der Waals surface area contributed by atoms with E-state index < -0.39 is 36.5 Å². The molecule has 0 bridgehead atoms. The molecular formula is C34H49N3O8. The van der Waals surface area contributed by atoms with Gasteiger partial charge in [-0.3, -0.25) is 4.79 Å². The van der Waals surface area contributed by atoms with E-state index in [1.54, 1.807) is 4.90 Å². The molecule has 45 heavy (non-hydrogen) atoms. The summed E-state index contributed by atoms with van der Waals surface area (Å²) in [6.45, 7) is 9.51. The second-order valence-corrected chi connectivity index (χ2v) is 12.8. The summed E-state index contributed by atoms with van der Waals surface area (Å²) in [5.74, 6) is -0.782. The maximum absolute atomic E-state index is 13.0. The molecule has 2 amide bonds. The fraction of sp³-hybridized carbons (Fsp3) is 0.618. The number of hydrogen-bond donors (Lipinski definition) is 2. The Labute approximate surface area is 266 Å². The first-order chi connectivity index (χ1) is 21.5. The highest BCUT2D eigenvalue weighted by Gasteiger charge is 2.29. The standard InChI is InChI=1S/C34H49N3O8/c1-23-8-10-28(38)20-31(40)45-32(24(2)9-11-30(23)44-34(42)36-16-14-35(4)15-17-36)25(3)18-26-6-5-7-27(19-26)22-43-33(41)37-13-12-29(39)21-37/h5-7,9,11,18-19,23-24,28-30,32,38-39H,8,10,12-17,20-22H2,1-4H3/b11-9-,25-18+/t23-,24-,28+,29+,30-,32-/m0/s1. The molecule has 0 aromatic heterocycles. The lowest BCUT2D eigenvalue weighted by molar-refractivity contribution is -0.151. The fourth-order valence-corrected chi connectivity index (χ4v) is 5.89. The van der Waals surface area contributed by atoms with Gasteiger partial charge in [0.25, 0.3) is 0 Å². The molecule has 11 nitrogen and oxygen atoms in total. The summed E-state index contributed by atoms with van der Waals surface area (Å²) in [5, 5.41) is 20.3. The van der Waals surface area contributed by atoms with Gasteiger partial charge in [0.05, 0.1) is 18.6 Å². The van der Waals surface area contributed by atoms with Gasteiger partial charge in [-0.25, -0.2) is 9.59 Å². The number of esters is 1. The maximum atomic E-state index is 13.0.